The second kappa shape index (κ2) is 1.77. The highest BCUT2D eigenvalue weighted by Crippen LogP contribution is 1.77. The van der Waals surface area contributed by atoms with Crippen LogP contribution >= 0.6 is 0 Å². The molecule has 6 heavy (non-hydrogen) atoms. The molecule has 0 aliphatic carbocycles. The van der Waals surface area contributed by atoms with Gasteiger partial charge in [0.1, 0.15) is 0 Å². The van der Waals surface area contributed by atoms with Crippen LogP contribution in [0.25, 0.3) is 5.73 Å². The molecule has 1 N–H and O–H groups in total. The molecule has 0 rings (SSSR count). The van der Waals surface area contributed by atoms with E-state index in [0.29, 0.717) is 0 Å². The fourth-order valence-corrected chi connectivity index (χ4v) is 0. The van der Waals surface area contributed by atoms with Gasteiger partial charge in [0.25, 0.3) is 0 Å². The monoisotopic (exact) mass is 87.0 g/mol. The molecule has 0 heterocycles. The molecule has 0 unspecified atom stereocenters. The zero-order chi connectivity index (χ0) is 5.15. The van der Waals surface area contributed by atoms with Crippen molar-refractivity contribution in [2.75, 3.05) is 0 Å². The van der Waals surface area contributed by atoms with Crippen LogP contribution in [0.4, 0.5) is 0 Å². The molecule has 0 saturated heterocycles. The van der Waals surface area contributed by atoms with Gasteiger partial charge in [0.15, 0.2) is 0 Å². The van der Waals surface area contributed by atoms with Crippen molar-refractivity contribution in [2.45, 2.75) is 13.0 Å². The molecule has 36 valence electrons. The Morgan fingerprint density at radius 2 is 2.17 bits per heavy atom. The smallest absolute Gasteiger partial charge is 0.0235 e. The zero-order valence-electron chi connectivity index (χ0n) is 3.39. The van der Waals surface area contributed by atoms with Gasteiger partial charge in [-0.2, -0.15) is 0 Å². The van der Waals surface area contributed by atoms with Crippen molar-refractivity contribution in [1.82, 2.24) is 0 Å². The van der Waals surface area contributed by atoms with E-state index in [9.17, 15) is 9.90 Å². The summed E-state index contributed by atoms with van der Waals surface area (Å²) in [6.07, 6.45) is 0. The number of carboxylic acid groups (broad SMARTS) is 1. The summed E-state index contributed by atoms with van der Waals surface area (Å²) >= 11 is 0. The summed E-state index contributed by atoms with van der Waals surface area (Å²) < 4.78 is 0. The molecule has 0 fully saturated rings. The molecule has 0 aromatic carbocycles. The van der Waals surface area contributed by atoms with Crippen LogP contribution in [0.3, 0.4) is 0 Å². The Hall–Kier alpha value is -0.570. The lowest BCUT2D eigenvalue weighted by Crippen LogP contribution is -2.30. The number of rotatable bonds is 1. The third-order valence-corrected chi connectivity index (χ3v) is 0.354. The molecule has 0 saturated carbocycles. The van der Waals surface area contributed by atoms with Crippen molar-refractivity contribution >= 4 is 5.97 Å². The van der Waals surface area contributed by atoms with Crippen LogP contribution in [0.5, 0.6) is 0 Å². The van der Waals surface area contributed by atoms with Crippen LogP contribution in [-0.4, -0.2) is 12.0 Å². The first-order chi connectivity index (χ1) is 2.64. The number of carbonyl (C=O) groups is 1. The summed E-state index contributed by atoms with van der Waals surface area (Å²) in [6.45, 7) is 1.25. The Bertz CT molecular complexity index is 59.8. The summed E-state index contributed by atoms with van der Waals surface area (Å²) in [6, 6.07) is -1.09. The van der Waals surface area contributed by atoms with E-state index < -0.39 is 12.0 Å². The van der Waals surface area contributed by atoms with Crippen LogP contribution in [-0.2, 0) is 4.79 Å². The number of nitrogens with one attached hydrogen (secondary N) is 1. The van der Waals surface area contributed by atoms with Crippen molar-refractivity contribution < 1.29 is 9.90 Å². The summed E-state index contributed by atoms with van der Waals surface area (Å²) in [4.78, 5) is 9.40. The van der Waals surface area contributed by atoms with Crippen LogP contribution in [0.1, 0.15) is 6.92 Å². The van der Waals surface area contributed by atoms with Gasteiger partial charge in [-0.25, -0.2) is 0 Å². The van der Waals surface area contributed by atoms with Crippen LogP contribution in [0.15, 0.2) is 0 Å². The van der Waals surface area contributed by atoms with Gasteiger partial charge in [0.2, 0.25) is 0 Å². The third kappa shape index (κ3) is 1.72. The van der Waals surface area contributed by atoms with E-state index in [2.05, 4.69) is 0 Å². The summed E-state index contributed by atoms with van der Waals surface area (Å²) in [5, 5.41) is 9.40. The van der Waals surface area contributed by atoms with Crippen molar-refractivity contribution in [3.63, 3.8) is 0 Å². The summed E-state index contributed by atoms with van der Waals surface area (Å²) in [5.74, 6) is -1.32. The van der Waals surface area contributed by atoms with Gasteiger partial charge in [-0.05, 0) is 0 Å². The van der Waals surface area contributed by atoms with E-state index in [1.807, 2.05) is 0 Å². The fourth-order valence-electron chi connectivity index (χ4n) is 0. The quantitative estimate of drug-likeness (QED) is 0.419. The maximum absolute atomic E-state index is 9.40. The number of hydrogen-bond acceptors (Lipinski definition) is 2. The van der Waals surface area contributed by atoms with Crippen LogP contribution < -0.4 is 5.11 Å². The highest BCUT2D eigenvalue weighted by Gasteiger charge is 1.77. The lowest BCUT2D eigenvalue weighted by Gasteiger charge is -2.12. The number of hydrogen-bond donors (Lipinski definition) is 0. The molecular formula is C3H5NO2-2. The highest BCUT2D eigenvalue weighted by atomic mass is 16.4. The van der Waals surface area contributed by atoms with Crippen LogP contribution in [0, 0.1) is 0 Å². The van der Waals surface area contributed by atoms with Gasteiger partial charge in [-0.15, -0.1) is 6.04 Å². The van der Waals surface area contributed by atoms with Gasteiger partial charge in [-0.3, -0.25) is 0 Å². The highest BCUT2D eigenvalue weighted by molar-refractivity contribution is 5.72. The molecule has 3 nitrogen and oxygen atoms in total. The topological polar surface area (TPSA) is 63.9 Å². The lowest BCUT2D eigenvalue weighted by atomic mass is 10.4. The normalized spacial score (nSPS) is 13.7. The first-order valence-corrected chi connectivity index (χ1v) is 1.56. The van der Waals surface area contributed by atoms with Gasteiger partial charge >= 0.3 is 0 Å². The Morgan fingerprint density at radius 1 is 2.00 bits per heavy atom. The minimum Gasteiger partial charge on any atom is -0.670 e. The largest absolute Gasteiger partial charge is 0.670 e. The minimum atomic E-state index is -1.32. The standard InChI is InChI=1S/C3H6NO2/c1-2(4)3(5)6/h2,4H,1H3,(H,5,6)/q-1/p-1/t2-/m0/s1. The Kier molecular flexibility index (Phi) is 1.60. The first kappa shape index (κ1) is 5.43. The molecule has 0 amide bonds. The van der Waals surface area contributed by atoms with Crippen molar-refractivity contribution in [2.24, 2.45) is 0 Å². The van der Waals surface area contributed by atoms with Gasteiger partial charge in [-0.1, -0.05) is 6.92 Å². The molecule has 0 aliphatic rings. The van der Waals surface area contributed by atoms with E-state index in [0.717, 1.165) is 0 Å². The molecular weight excluding hydrogens is 82.0 g/mol. The lowest BCUT2D eigenvalue weighted by molar-refractivity contribution is -0.305. The summed E-state index contributed by atoms with van der Waals surface area (Å²) in [7, 11) is 0. The molecule has 0 aromatic heterocycles. The molecule has 3 heteroatoms. The second-order valence-corrected chi connectivity index (χ2v) is 1.04. The van der Waals surface area contributed by atoms with Crippen molar-refractivity contribution in [1.29, 1.82) is 0 Å². The molecule has 0 bridgehead atoms. The van der Waals surface area contributed by atoms with E-state index in [1.165, 1.54) is 6.92 Å². The predicted octanol–water partition coefficient (Wildman–Crippen LogP) is -0.823. The molecule has 1 atom stereocenters. The Morgan fingerprint density at radius 3 is 2.17 bits per heavy atom. The summed E-state index contributed by atoms with van der Waals surface area (Å²) in [5.41, 5.74) is 6.37. The van der Waals surface area contributed by atoms with Crippen molar-refractivity contribution in [3.8, 4) is 0 Å². The van der Waals surface area contributed by atoms with Crippen molar-refractivity contribution in [3.05, 3.63) is 5.73 Å². The number of carboxylic acids is 1. The van der Waals surface area contributed by atoms with E-state index in [4.69, 9.17) is 5.73 Å². The molecule has 0 radical (unpaired) electrons. The zero-order valence-corrected chi connectivity index (χ0v) is 3.39. The molecule has 0 aromatic rings. The first-order valence-electron chi connectivity index (χ1n) is 1.56. The average Bonchev–Trinajstić information content (AvgIpc) is 1.36. The maximum atomic E-state index is 9.40. The average molecular weight is 87.1 g/mol. The number of carbonyl (C=O) groups excluding carboxylic acids is 1. The van der Waals surface area contributed by atoms with Gasteiger partial charge in [0.05, 0.1) is 0 Å². The maximum Gasteiger partial charge on any atom is 0.0235 e. The molecule has 0 spiro atoms. The predicted molar refractivity (Wildman–Crippen MR) is 18.8 cm³/mol. The fraction of sp³-hybridized carbons (Fsp3) is 0.667. The Labute approximate surface area is 35.8 Å². The van der Waals surface area contributed by atoms with Gasteiger partial charge < -0.3 is 15.6 Å². The second-order valence-electron chi connectivity index (χ2n) is 1.04. The SMILES string of the molecule is C[C@H]([NH-])C(=O)[O-]. The molecule has 0 aliphatic heterocycles. The number of aliphatic carboxylic acids is 1. The Balaban J connectivity index is 3.26. The van der Waals surface area contributed by atoms with E-state index >= 15 is 0 Å². The van der Waals surface area contributed by atoms with Gasteiger partial charge in [0, 0.05) is 5.97 Å². The van der Waals surface area contributed by atoms with E-state index in [1.54, 1.807) is 0 Å². The third-order valence-electron chi connectivity index (χ3n) is 0.354. The minimum absolute atomic E-state index is 1.09. The van der Waals surface area contributed by atoms with Crippen LogP contribution in [0.2, 0.25) is 0 Å². The van der Waals surface area contributed by atoms with E-state index in [-0.39, 0.29) is 0 Å².